The van der Waals surface area contributed by atoms with Crippen LogP contribution in [0.4, 0.5) is 5.69 Å². The minimum absolute atomic E-state index is 0.415. The molecule has 1 rings (SSSR count). The number of aryl methyl sites for hydroxylation is 1. The fraction of sp³-hybridized carbons (Fsp3) is 0.400. The topological polar surface area (TPSA) is 46.2 Å². The normalized spacial score (nSPS) is 11.7. The van der Waals surface area contributed by atoms with Gasteiger partial charge in [0, 0.05) is 0 Å². The van der Waals surface area contributed by atoms with Gasteiger partial charge in [0.25, 0.3) is 0 Å². The summed E-state index contributed by atoms with van der Waals surface area (Å²) in [6.07, 6.45) is 0. The quantitative estimate of drug-likeness (QED) is 0.836. The van der Waals surface area contributed by atoms with Crippen LogP contribution in [-0.4, -0.2) is 13.7 Å². The predicted molar refractivity (Wildman–Crippen MR) is 58.9 cm³/mol. The molecule has 0 bridgehead atoms. The molecule has 0 aliphatic carbocycles. The number of sulfonamides is 1. The number of hydrogen-bond acceptors (Lipinski definition) is 2. The molecule has 0 aliphatic heterocycles. The minimum Gasteiger partial charge on any atom is -0.283 e. The Morgan fingerprint density at radius 1 is 1.21 bits per heavy atom. The van der Waals surface area contributed by atoms with Gasteiger partial charge in [0.2, 0.25) is 10.0 Å². The van der Waals surface area contributed by atoms with E-state index in [1.54, 1.807) is 19.9 Å². The van der Waals surface area contributed by atoms with Crippen LogP contribution in [-0.2, 0) is 10.0 Å². The lowest BCUT2D eigenvalue weighted by atomic mass is 10.2. The maximum absolute atomic E-state index is 11.5. The summed E-state index contributed by atoms with van der Waals surface area (Å²) in [7, 11) is -3.22. The molecule has 14 heavy (non-hydrogen) atoms. The first-order chi connectivity index (χ1) is 6.43. The molecular formula is C10H15NO2S. The number of nitrogens with one attached hydrogen (secondary N) is 1. The summed E-state index contributed by atoms with van der Waals surface area (Å²) in [6, 6.07) is 7.32. The Morgan fingerprint density at radius 2 is 1.79 bits per heavy atom. The summed E-state index contributed by atoms with van der Waals surface area (Å²) >= 11 is 0. The molecule has 0 heterocycles. The van der Waals surface area contributed by atoms with Crippen LogP contribution in [0, 0.1) is 6.92 Å². The highest BCUT2D eigenvalue weighted by Crippen LogP contribution is 2.16. The predicted octanol–water partition coefficient (Wildman–Crippen LogP) is 2.15. The van der Waals surface area contributed by atoms with Gasteiger partial charge in [0.1, 0.15) is 0 Å². The van der Waals surface area contributed by atoms with Crippen molar-refractivity contribution in [2.24, 2.45) is 0 Å². The van der Waals surface area contributed by atoms with Crippen molar-refractivity contribution in [3.8, 4) is 0 Å². The van der Waals surface area contributed by atoms with Crippen molar-refractivity contribution >= 4 is 15.7 Å². The SMILES string of the molecule is Cc1ccccc1NS(=O)(=O)C(C)C. The van der Waals surface area contributed by atoms with Crippen LogP contribution < -0.4 is 4.72 Å². The molecule has 1 aromatic carbocycles. The Kier molecular flexibility index (Phi) is 3.16. The smallest absolute Gasteiger partial charge is 0.235 e. The largest absolute Gasteiger partial charge is 0.283 e. The van der Waals surface area contributed by atoms with Crippen molar-refractivity contribution in [3.63, 3.8) is 0 Å². The summed E-state index contributed by atoms with van der Waals surface area (Å²) in [4.78, 5) is 0. The molecule has 0 atom stereocenters. The molecule has 0 radical (unpaired) electrons. The van der Waals surface area contributed by atoms with E-state index in [9.17, 15) is 8.42 Å². The lowest BCUT2D eigenvalue weighted by Crippen LogP contribution is -2.22. The third kappa shape index (κ3) is 2.48. The summed E-state index contributed by atoms with van der Waals surface area (Å²) in [5.41, 5.74) is 1.58. The molecule has 1 aromatic rings. The molecule has 1 N–H and O–H groups in total. The maximum atomic E-state index is 11.5. The van der Waals surface area contributed by atoms with Gasteiger partial charge in [0.05, 0.1) is 10.9 Å². The monoisotopic (exact) mass is 213 g/mol. The first-order valence-corrected chi connectivity index (χ1v) is 6.05. The molecular weight excluding hydrogens is 198 g/mol. The van der Waals surface area contributed by atoms with E-state index < -0.39 is 15.3 Å². The number of benzene rings is 1. The zero-order valence-electron chi connectivity index (χ0n) is 8.61. The lowest BCUT2D eigenvalue weighted by Gasteiger charge is -2.12. The molecule has 78 valence electrons. The first-order valence-electron chi connectivity index (χ1n) is 4.51. The van der Waals surface area contributed by atoms with E-state index in [1.807, 2.05) is 25.1 Å². The van der Waals surface area contributed by atoms with Gasteiger partial charge >= 0.3 is 0 Å². The van der Waals surface area contributed by atoms with Crippen molar-refractivity contribution in [1.29, 1.82) is 0 Å². The summed E-state index contributed by atoms with van der Waals surface area (Å²) in [6.45, 7) is 5.18. The van der Waals surface area contributed by atoms with Gasteiger partial charge in [-0.15, -0.1) is 0 Å². The average Bonchev–Trinajstić information content (AvgIpc) is 2.08. The second-order valence-electron chi connectivity index (χ2n) is 3.51. The first kappa shape index (κ1) is 11.0. The molecule has 3 nitrogen and oxygen atoms in total. The van der Waals surface area contributed by atoms with Crippen LogP contribution >= 0.6 is 0 Å². The molecule has 0 unspecified atom stereocenters. The fourth-order valence-electron chi connectivity index (χ4n) is 0.959. The van der Waals surface area contributed by atoms with Crippen molar-refractivity contribution in [2.75, 3.05) is 4.72 Å². The van der Waals surface area contributed by atoms with Gasteiger partial charge in [-0.1, -0.05) is 18.2 Å². The van der Waals surface area contributed by atoms with E-state index in [0.717, 1.165) is 5.56 Å². The fourth-order valence-corrected chi connectivity index (χ4v) is 1.73. The Hall–Kier alpha value is -1.03. The van der Waals surface area contributed by atoms with Gasteiger partial charge < -0.3 is 0 Å². The molecule has 4 heteroatoms. The average molecular weight is 213 g/mol. The molecule has 0 saturated heterocycles. The van der Waals surface area contributed by atoms with E-state index >= 15 is 0 Å². The third-order valence-electron chi connectivity index (χ3n) is 2.02. The highest BCUT2D eigenvalue weighted by Gasteiger charge is 2.15. The minimum atomic E-state index is -3.22. The van der Waals surface area contributed by atoms with Crippen LogP contribution in [0.1, 0.15) is 19.4 Å². The van der Waals surface area contributed by atoms with Crippen molar-refractivity contribution in [3.05, 3.63) is 29.8 Å². The van der Waals surface area contributed by atoms with Gasteiger partial charge in [-0.05, 0) is 32.4 Å². The van der Waals surface area contributed by atoms with E-state index in [1.165, 1.54) is 0 Å². The van der Waals surface area contributed by atoms with Gasteiger partial charge in [-0.2, -0.15) is 0 Å². The lowest BCUT2D eigenvalue weighted by molar-refractivity contribution is 0.592. The summed E-state index contributed by atoms with van der Waals surface area (Å²) in [5, 5.41) is -0.415. The number of anilines is 1. The summed E-state index contributed by atoms with van der Waals surface area (Å²) < 4.78 is 25.6. The Morgan fingerprint density at radius 3 is 2.29 bits per heavy atom. The van der Waals surface area contributed by atoms with E-state index in [-0.39, 0.29) is 0 Å². The molecule has 0 amide bonds. The van der Waals surface area contributed by atoms with Crippen LogP contribution in [0.3, 0.4) is 0 Å². The van der Waals surface area contributed by atoms with E-state index in [2.05, 4.69) is 4.72 Å². The van der Waals surface area contributed by atoms with Gasteiger partial charge in [-0.3, -0.25) is 4.72 Å². The third-order valence-corrected chi connectivity index (χ3v) is 3.76. The number of rotatable bonds is 3. The highest BCUT2D eigenvalue weighted by atomic mass is 32.2. The van der Waals surface area contributed by atoms with Crippen LogP contribution in [0.2, 0.25) is 0 Å². The second-order valence-corrected chi connectivity index (χ2v) is 5.75. The molecule has 0 spiro atoms. The van der Waals surface area contributed by atoms with Crippen LogP contribution in [0.15, 0.2) is 24.3 Å². The van der Waals surface area contributed by atoms with Gasteiger partial charge in [0.15, 0.2) is 0 Å². The highest BCUT2D eigenvalue weighted by molar-refractivity contribution is 7.93. The van der Waals surface area contributed by atoms with Crippen molar-refractivity contribution in [2.45, 2.75) is 26.0 Å². The number of para-hydroxylation sites is 1. The van der Waals surface area contributed by atoms with Gasteiger partial charge in [-0.25, -0.2) is 8.42 Å². The Labute approximate surface area is 85.2 Å². The van der Waals surface area contributed by atoms with E-state index in [4.69, 9.17) is 0 Å². The van der Waals surface area contributed by atoms with Crippen LogP contribution in [0.5, 0.6) is 0 Å². The zero-order chi connectivity index (χ0) is 10.8. The van der Waals surface area contributed by atoms with Crippen molar-refractivity contribution < 1.29 is 8.42 Å². The second kappa shape index (κ2) is 4.00. The van der Waals surface area contributed by atoms with E-state index in [0.29, 0.717) is 5.69 Å². The Bertz CT molecular complexity index is 410. The number of hydrogen-bond donors (Lipinski definition) is 1. The molecule has 0 aliphatic rings. The van der Waals surface area contributed by atoms with Crippen molar-refractivity contribution in [1.82, 2.24) is 0 Å². The molecule has 0 aromatic heterocycles. The molecule has 0 saturated carbocycles. The van der Waals surface area contributed by atoms with Crippen LogP contribution in [0.25, 0.3) is 0 Å². The maximum Gasteiger partial charge on any atom is 0.235 e. The Balaban J connectivity index is 2.96. The zero-order valence-corrected chi connectivity index (χ0v) is 9.43. The molecule has 0 fully saturated rings. The standard InChI is InChI=1S/C10H15NO2S/c1-8(2)14(12,13)11-10-7-5-4-6-9(10)3/h4-8,11H,1-3H3. The summed E-state index contributed by atoms with van der Waals surface area (Å²) in [5.74, 6) is 0.